The Hall–Kier alpha value is -2.75. The molecule has 3 rings (SSSR count). The summed E-state index contributed by atoms with van der Waals surface area (Å²) in [6, 6.07) is 9.64. The largest absolute Gasteiger partial charge is 0.320 e. The molecule has 1 amide bonds. The lowest BCUT2D eigenvalue weighted by atomic mass is 10.2. The summed E-state index contributed by atoms with van der Waals surface area (Å²) >= 11 is 6.21. The summed E-state index contributed by atoms with van der Waals surface area (Å²) in [4.78, 5) is 17.1. The number of pyridine rings is 1. The van der Waals surface area contributed by atoms with Crippen molar-refractivity contribution in [2.75, 3.05) is 18.4 Å². The quantitative estimate of drug-likeness (QED) is 0.597. The first-order valence-corrected chi connectivity index (χ1v) is 11.2. The maximum absolute atomic E-state index is 12.8. The van der Waals surface area contributed by atoms with Gasteiger partial charge in [-0.2, -0.15) is 9.40 Å². The molecule has 1 aromatic carbocycles. The number of rotatable bonds is 7. The second-order valence-electron chi connectivity index (χ2n) is 6.43. The van der Waals surface area contributed by atoms with Crippen molar-refractivity contribution in [3.05, 3.63) is 65.1 Å². The normalized spacial score (nSPS) is 11.6. The van der Waals surface area contributed by atoms with Crippen LogP contribution in [0.25, 0.3) is 5.82 Å². The van der Waals surface area contributed by atoms with Gasteiger partial charge in [0, 0.05) is 19.3 Å². The Morgan fingerprint density at radius 2 is 1.93 bits per heavy atom. The highest BCUT2D eigenvalue weighted by Gasteiger charge is 2.23. The molecule has 0 spiro atoms. The number of benzene rings is 1. The lowest BCUT2D eigenvalue weighted by Crippen LogP contribution is -2.30. The number of carbonyl (C=O) groups is 1. The minimum atomic E-state index is -3.68. The lowest BCUT2D eigenvalue weighted by Gasteiger charge is -2.19. The Bertz CT molecular complexity index is 1160. The summed E-state index contributed by atoms with van der Waals surface area (Å²) in [5, 5.41) is 7.16. The van der Waals surface area contributed by atoms with Crippen molar-refractivity contribution < 1.29 is 13.2 Å². The molecule has 0 atom stereocenters. The summed E-state index contributed by atoms with van der Waals surface area (Å²) in [7, 11) is -3.68. The van der Waals surface area contributed by atoms with E-state index in [2.05, 4.69) is 15.4 Å². The minimum Gasteiger partial charge on any atom is -0.320 e. The molecule has 2 heterocycles. The molecular weight excluding hydrogens is 426 g/mol. The van der Waals surface area contributed by atoms with Crippen molar-refractivity contribution in [1.29, 1.82) is 0 Å². The smallest absolute Gasteiger partial charge is 0.259 e. The molecule has 0 aliphatic heterocycles. The van der Waals surface area contributed by atoms with Crippen LogP contribution in [0.2, 0.25) is 5.02 Å². The third-order valence-corrected chi connectivity index (χ3v) is 7.03. The van der Waals surface area contributed by atoms with Gasteiger partial charge in [0.25, 0.3) is 5.91 Å². The Balaban J connectivity index is 1.90. The molecule has 0 saturated heterocycles. The summed E-state index contributed by atoms with van der Waals surface area (Å²) < 4.78 is 28.4. The van der Waals surface area contributed by atoms with Gasteiger partial charge in [0.1, 0.15) is 0 Å². The van der Waals surface area contributed by atoms with Gasteiger partial charge in [0.2, 0.25) is 10.0 Å². The fourth-order valence-electron chi connectivity index (χ4n) is 3.01. The zero-order valence-corrected chi connectivity index (χ0v) is 18.4. The summed E-state index contributed by atoms with van der Waals surface area (Å²) in [6.07, 6.45) is 3.07. The molecule has 0 radical (unpaired) electrons. The minimum absolute atomic E-state index is 0.0619. The van der Waals surface area contributed by atoms with Crippen LogP contribution in [0.5, 0.6) is 0 Å². The van der Waals surface area contributed by atoms with Crippen molar-refractivity contribution in [2.24, 2.45) is 0 Å². The fraction of sp³-hybridized carbons (Fsp3) is 0.250. The van der Waals surface area contributed by atoms with E-state index in [1.54, 1.807) is 43.8 Å². The van der Waals surface area contributed by atoms with Gasteiger partial charge in [0.05, 0.1) is 33.1 Å². The first kappa shape index (κ1) is 21.9. The fourth-order valence-corrected chi connectivity index (χ4v) is 4.65. The van der Waals surface area contributed by atoms with Gasteiger partial charge in [-0.15, -0.1) is 0 Å². The summed E-state index contributed by atoms with van der Waals surface area (Å²) in [5.74, 6) is 0.133. The second-order valence-corrected chi connectivity index (χ2v) is 8.77. The Morgan fingerprint density at radius 1 is 1.20 bits per heavy atom. The van der Waals surface area contributed by atoms with E-state index >= 15 is 0 Å². The van der Waals surface area contributed by atoms with Crippen molar-refractivity contribution >= 4 is 33.2 Å². The lowest BCUT2D eigenvalue weighted by molar-refractivity contribution is 0.102. The Kier molecular flexibility index (Phi) is 6.55. The molecule has 10 heteroatoms. The van der Waals surface area contributed by atoms with E-state index in [1.165, 1.54) is 28.7 Å². The van der Waals surface area contributed by atoms with E-state index in [0.717, 1.165) is 0 Å². The van der Waals surface area contributed by atoms with Gasteiger partial charge in [-0.05, 0) is 37.3 Å². The number of hydrogen-bond donors (Lipinski definition) is 1. The number of halogens is 1. The number of anilines is 1. The van der Waals surface area contributed by atoms with Gasteiger partial charge in [-0.25, -0.2) is 18.1 Å². The van der Waals surface area contributed by atoms with Gasteiger partial charge in [-0.3, -0.25) is 4.79 Å². The van der Waals surface area contributed by atoms with Crippen LogP contribution in [0.4, 0.5) is 5.69 Å². The zero-order valence-electron chi connectivity index (χ0n) is 16.8. The van der Waals surface area contributed by atoms with E-state index in [0.29, 0.717) is 30.2 Å². The Labute approximate surface area is 180 Å². The maximum Gasteiger partial charge on any atom is 0.259 e. The van der Waals surface area contributed by atoms with E-state index in [4.69, 9.17) is 11.6 Å². The number of amides is 1. The van der Waals surface area contributed by atoms with Crippen LogP contribution in [0, 0.1) is 6.92 Å². The SMILES string of the molecule is CCN(CC)S(=O)(=O)c1ccc(Cl)c(NC(=O)c2cnn(-c3ccccn3)c2C)c1. The van der Waals surface area contributed by atoms with Gasteiger partial charge >= 0.3 is 0 Å². The standard InChI is InChI=1S/C20H22ClN5O3S/c1-4-25(5-2)30(28,29)15-9-10-17(21)18(12-15)24-20(27)16-13-23-26(14(16)3)19-8-6-7-11-22-19/h6-13H,4-5H2,1-3H3,(H,24,27). The summed E-state index contributed by atoms with van der Waals surface area (Å²) in [6.45, 7) is 5.97. The molecule has 0 aliphatic carbocycles. The van der Waals surface area contributed by atoms with Gasteiger partial charge in [0.15, 0.2) is 5.82 Å². The number of aromatic nitrogens is 3. The number of nitrogens with one attached hydrogen (secondary N) is 1. The van der Waals surface area contributed by atoms with Crippen molar-refractivity contribution in [1.82, 2.24) is 19.1 Å². The van der Waals surface area contributed by atoms with Crippen LogP contribution in [0.3, 0.4) is 0 Å². The molecule has 0 aliphatic rings. The highest BCUT2D eigenvalue weighted by atomic mass is 35.5. The monoisotopic (exact) mass is 447 g/mol. The van der Waals surface area contributed by atoms with Crippen molar-refractivity contribution in [2.45, 2.75) is 25.7 Å². The van der Waals surface area contributed by atoms with E-state index < -0.39 is 15.9 Å². The van der Waals surface area contributed by atoms with E-state index in [9.17, 15) is 13.2 Å². The Morgan fingerprint density at radius 3 is 2.57 bits per heavy atom. The first-order valence-electron chi connectivity index (χ1n) is 9.36. The predicted octanol–water partition coefficient (Wildman–Crippen LogP) is 3.51. The summed E-state index contributed by atoms with van der Waals surface area (Å²) in [5.41, 5.74) is 1.13. The zero-order chi connectivity index (χ0) is 21.9. The van der Waals surface area contributed by atoms with Gasteiger partial charge < -0.3 is 5.32 Å². The van der Waals surface area contributed by atoms with Crippen molar-refractivity contribution in [3.8, 4) is 5.82 Å². The van der Waals surface area contributed by atoms with Crippen LogP contribution in [-0.4, -0.2) is 46.5 Å². The third kappa shape index (κ3) is 4.23. The topological polar surface area (TPSA) is 97.2 Å². The van der Waals surface area contributed by atoms with E-state index in [1.807, 2.05) is 6.07 Å². The average Bonchev–Trinajstić information content (AvgIpc) is 3.12. The molecule has 30 heavy (non-hydrogen) atoms. The third-order valence-electron chi connectivity index (χ3n) is 4.65. The highest BCUT2D eigenvalue weighted by Crippen LogP contribution is 2.28. The number of nitrogens with zero attached hydrogens (tertiary/aromatic N) is 4. The molecule has 8 nitrogen and oxygen atoms in total. The first-order chi connectivity index (χ1) is 14.3. The van der Waals surface area contributed by atoms with Crippen LogP contribution in [-0.2, 0) is 10.0 Å². The predicted molar refractivity (Wildman–Crippen MR) is 116 cm³/mol. The molecule has 3 aromatic rings. The van der Waals surface area contributed by atoms with Gasteiger partial charge in [-0.1, -0.05) is 31.5 Å². The molecule has 0 fully saturated rings. The molecule has 1 N–H and O–H groups in total. The van der Waals surface area contributed by atoms with Crippen LogP contribution < -0.4 is 5.32 Å². The molecule has 0 bridgehead atoms. The molecule has 158 valence electrons. The molecule has 2 aromatic heterocycles. The molecule has 0 saturated carbocycles. The molecule has 0 unspecified atom stereocenters. The van der Waals surface area contributed by atoms with E-state index in [-0.39, 0.29) is 15.6 Å². The number of hydrogen-bond acceptors (Lipinski definition) is 5. The maximum atomic E-state index is 12.8. The molecular formula is C20H22ClN5O3S. The van der Waals surface area contributed by atoms with Crippen LogP contribution >= 0.6 is 11.6 Å². The number of sulfonamides is 1. The number of carbonyl (C=O) groups excluding carboxylic acids is 1. The highest BCUT2D eigenvalue weighted by molar-refractivity contribution is 7.89. The van der Waals surface area contributed by atoms with Crippen molar-refractivity contribution in [3.63, 3.8) is 0 Å². The average molecular weight is 448 g/mol. The second kappa shape index (κ2) is 8.95. The van der Waals surface area contributed by atoms with Crippen LogP contribution in [0.15, 0.2) is 53.7 Å². The van der Waals surface area contributed by atoms with Crippen LogP contribution in [0.1, 0.15) is 29.9 Å².